The second-order valence-electron chi connectivity index (χ2n) is 6.20. The van der Waals surface area contributed by atoms with Gasteiger partial charge in [0, 0.05) is 24.9 Å². The molecule has 0 unspecified atom stereocenters. The van der Waals surface area contributed by atoms with Crippen LogP contribution in [0.3, 0.4) is 0 Å². The molecule has 2 aromatic heterocycles. The largest absolute Gasteiger partial charge is 0.416 e. The highest BCUT2D eigenvalue weighted by Crippen LogP contribution is 2.33. The zero-order chi connectivity index (χ0) is 22.7. The summed E-state index contributed by atoms with van der Waals surface area (Å²) < 4.78 is 66.3. The molecule has 158 valence electrons. The Morgan fingerprint density at radius 3 is 2.60 bits per heavy atom. The molecule has 0 fully saturated rings. The summed E-state index contributed by atoms with van der Waals surface area (Å²) in [5.41, 5.74) is 0.0794. The van der Waals surface area contributed by atoms with Gasteiger partial charge in [-0.25, -0.2) is 18.4 Å². The maximum atomic E-state index is 13.2. The van der Waals surface area contributed by atoms with Crippen LogP contribution in [0.5, 0.6) is 0 Å². The Morgan fingerprint density at radius 1 is 1.40 bits per heavy atom. The second kappa shape index (κ2) is 8.67. The van der Waals surface area contributed by atoms with E-state index in [2.05, 4.69) is 16.5 Å². The molecule has 0 saturated heterocycles. The van der Waals surface area contributed by atoms with Gasteiger partial charge in [0.2, 0.25) is 0 Å². The molecule has 2 rings (SSSR count). The molecule has 0 N–H and O–H groups in total. The molecule has 0 amide bonds. The second-order valence-corrected chi connectivity index (χ2v) is 8.45. The average molecular weight is 436 g/mol. The van der Waals surface area contributed by atoms with Crippen molar-refractivity contribution in [3.05, 3.63) is 58.9 Å². The lowest BCUT2D eigenvalue weighted by atomic mass is 10.1. The lowest BCUT2D eigenvalue weighted by Crippen LogP contribution is -2.15. The molecule has 0 aliphatic rings. The van der Waals surface area contributed by atoms with E-state index in [1.807, 2.05) is 6.07 Å². The minimum absolute atomic E-state index is 0.0693. The maximum Gasteiger partial charge on any atom is 0.416 e. The smallest absolute Gasteiger partial charge is 0.312 e. The van der Waals surface area contributed by atoms with Gasteiger partial charge < -0.3 is 4.57 Å². The molecule has 0 atom stereocenters. The summed E-state index contributed by atoms with van der Waals surface area (Å²) in [4.78, 5) is 8.00. The monoisotopic (exact) mass is 436 g/mol. The van der Waals surface area contributed by atoms with Gasteiger partial charge in [0.15, 0.2) is 15.5 Å². The first-order valence-corrected chi connectivity index (χ1v) is 10.4. The number of aromatic nitrogens is 3. The van der Waals surface area contributed by atoms with E-state index in [1.165, 1.54) is 36.8 Å². The van der Waals surface area contributed by atoms with Gasteiger partial charge in [-0.1, -0.05) is 19.6 Å². The van der Waals surface area contributed by atoms with Crippen molar-refractivity contribution in [3.8, 4) is 6.07 Å². The van der Waals surface area contributed by atoms with Crippen LogP contribution in [0.4, 0.5) is 13.2 Å². The maximum absolute atomic E-state index is 13.2. The Kier molecular flexibility index (Phi) is 6.67. The quantitative estimate of drug-likeness (QED) is 0.496. The van der Waals surface area contributed by atoms with Gasteiger partial charge in [0.05, 0.1) is 22.3 Å². The lowest BCUT2D eigenvalue weighted by molar-refractivity contribution is -0.0883. The van der Waals surface area contributed by atoms with E-state index in [4.69, 9.17) is 5.26 Å². The van der Waals surface area contributed by atoms with Crippen LogP contribution in [0, 0.1) is 11.3 Å². The molecule has 30 heavy (non-hydrogen) atoms. The van der Waals surface area contributed by atoms with Crippen molar-refractivity contribution in [3.63, 3.8) is 0 Å². The first-order valence-electron chi connectivity index (χ1n) is 8.72. The number of pyridine rings is 1. The van der Waals surface area contributed by atoms with Crippen molar-refractivity contribution in [1.82, 2.24) is 14.5 Å². The van der Waals surface area contributed by atoms with E-state index < -0.39 is 32.2 Å². The number of imidazole rings is 1. The third kappa shape index (κ3) is 4.68. The number of rotatable bonds is 6. The standard InChI is InChI=1S/C20H19F3N4O2S/c1-5-15(20(21,22)23)11-17(30(28,29)6-2)13(3)18-26-16-10-14(8-7-9-24)12-25-19(16)27(18)4/h5,7-8,10-12H,3,6H2,1-2,4H3/b8-7+,15-5+,17-11+. The zero-order valence-corrected chi connectivity index (χ0v) is 17.3. The van der Waals surface area contributed by atoms with Crippen LogP contribution in [0.1, 0.15) is 25.2 Å². The minimum Gasteiger partial charge on any atom is -0.312 e. The summed E-state index contributed by atoms with van der Waals surface area (Å²) in [5.74, 6) is -0.335. The highest BCUT2D eigenvalue weighted by atomic mass is 32.2. The molecular formula is C20H19F3N4O2S. The van der Waals surface area contributed by atoms with Gasteiger partial charge >= 0.3 is 6.18 Å². The number of allylic oxidation sites excluding steroid dienone is 5. The predicted octanol–water partition coefficient (Wildman–Crippen LogP) is 4.35. The van der Waals surface area contributed by atoms with Crippen LogP contribution in [0.15, 0.2) is 47.5 Å². The fourth-order valence-electron chi connectivity index (χ4n) is 2.69. The van der Waals surface area contributed by atoms with Gasteiger partial charge in [-0.2, -0.15) is 18.4 Å². The van der Waals surface area contributed by atoms with Crippen molar-refractivity contribution in [1.29, 1.82) is 5.26 Å². The molecule has 0 radical (unpaired) electrons. The number of hydrogen-bond donors (Lipinski definition) is 0. The molecule has 6 nitrogen and oxygen atoms in total. The highest BCUT2D eigenvalue weighted by Gasteiger charge is 2.34. The Bertz CT molecular complexity index is 1230. The summed E-state index contributed by atoms with van der Waals surface area (Å²) in [7, 11) is -2.49. The van der Waals surface area contributed by atoms with Gasteiger partial charge in [-0.3, -0.25) is 0 Å². The van der Waals surface area contributed by atoms with E-state index in [0.717, 1.165) is 6.08 Å². The minimum atomic E-state index is -4.72. The van der Waals surface area contributed by atoms with E-state index in [9.17, 15) is 21.6 Å². The van der Waals surface area contributed by atoms with Crippen LogP contribution in [0.25, 0.3) is 22.8 Å². The van der Waals surface area contributed by atoms with Gasteiger partial charge in [0.1, 0.15) is 11.3 Å². The number of alkyl halides is 3. The molecular weight excluding hydrogens is 417 g/mol. The van der Waals surface area contributed by atoms with Gasteiger partial charge in [-0.05, 0) is 30.7 Å². The van der Waals surface area contributed by atoms with Crippen molar-refractivity contribution in [2.75, 3.05) is 5.75 Å². The molecule has 0 aliphatic carbocycles. The molecule has 0 bridgehead atoms. The van der Waals surface area contributed by atoms with Crippen molar-refractivity contribution in [2.45, 2.75) is 20.0 Å². The molecule has 0 saturated carbocycles. The van der Waals surface area contributed by atoms with Crippen LogP contribution in [0.2, 0.25) is 0 Å². The van der Waals surface area contributed by atoms with Crippen LogP contribution in [-0.2, 0) is 16.9 Å². The number of nitrogens with zero attached hydrogens (tertiary/aromatic N) is 4. The summed E-state index contributed by atoms with van der Waals surface area (Å²) in [6.45, 7) is 6.24. The molecule has 0 aliphatic heterocycles. The number of halogens is 3. The lowest BCUT2D eigenvalue weighted by Gasteiger charge is -2.14. The Balaban J connectivity index is 2.69. The predicted molar refractivity (Wildman–Crippen MR) is 110 cm³/mol. The molecule has 2 aromatic rings. The molecule has 0 spiro atoms. The Hall–Kier alpha value is -3.19. The third-order valence-corrected chi connectivity index (χ3v) is 6.08. The van der Waals surface area contributed by atoms with Crippen molar-refractivity contribution in [2.24, 2.45) is 7.05 Å². The van der Waals surface area contributed by atoms with E-state index in [-0.39, 0.29) is 11.4 Å². The third-order valence-electron chi connectivity index (χ3n) is 4.29. The topological polar surface area (TPSA) is 88.6 Å². The molecule has 10 heteroatoms. The van der Waals surface area contributed by atoms with E-state index >= 15 is 0 Å². The first-order chi connectivity index (χ1) is 14.0. The fourth-order valence-corrected chi connectivity index (χ4v) is 3.77. The van der Waals surface area contributed by atoms with Gasteiger partial charge in [0.25, 0.3) is 0 Å². The van der Waals surface area contributed by atoms with Gasteiger partial charge in [-0.15, -0.1) is 0 Å². The summed E-state index contributed by atoms with van der Waals surface area (Å²) >= 11 is 0. The number of fused-ring (bicyclic) bond motifs is 1. The number of aryl methyl sites for hydroxylation is 1. The zero-order valence-electron chi connectivity index (χ0n) is 16.5. The van der Waals surface area contributed by atoms with Crippen molar-refractivity contribution >= 4 is 32.7 Å². The highest BCUT2D eigenvalue weighted by molar-refractivity contribution is 7.95. The number of hydrogen-bond acceptors (Lipinski definition) is 5. The number of sulfone groups is 1. The van der Waals surface area contributed by atoms with E-state index in [1.54, 1.807) is 13.1 Å². The number of nitriles is 1. The SMILES string of the molecule is C=C(/C(=C\C(=C/C)C(F)(F)F)S(=O)(=O)CC)c1nc2cc(/C=C/C#N)cnc2n1C. The van der Waals surface area contributed by atoms with Crippen LogP contribution < -0.4 is 0 Å². The van der Waals surface area contributed by atoms with Crippen molar-refractivity contribution < 1.29 is 21.6 Å². The Labute approximate surface area is 172 Å². The Morgan fingerprint density at radius 2 is 2.07 bits per heavy atom. The molecule has 0 aromatic carbocycles. The van der Waals surface area contributed by atoms with Crippen LogP contribution >= 0.6 is 0 Å². The average Bonchev–Trinajstić information content (AvgIpc) is 3.01. The van der Waals surface area contributed by atoms with E-state index in [0.29, 0.717) is 22.8 Å². The van der Waals surface area contributed by atoms with Crippen LogP contribution in [-0.4, -0.2) is 34.9 Å². The molecule has 2 heterocycles. The first kappa shape index (κ1) is 23.1. The normalized spacial score (nSPS) is 13.8. The fraction of sp³-hybridized carbons (Fsp3) is 0.250. The summed E-state index contributed by atoms with van der Waals surface area (Å²) in [6, 6.07) is 3.48. The summed E-state index contributed by atoms with van der Waals surface area (Å²) in [5, 5.41) is 8.64. The summed E-state index contributed by atoms with van der Waals surface area (Å²) in [6.07, 6.45) is 0.920.